The Morgan fingerprint density at radius 1 is 1.26 bits per heavy atom. The lowest BCUT2D eigenvalue weighted by atomic mass is 10.1. The van der Waals surface area contributed by atoms with Gasteiger partial charge in [-0.1, -0.05) is 13.8 Å². The van der Waals surface area contributed by atoms with Crippen molar-refractivity contribution in [3.8, 4) is 0 Å². The van der Waals surface area contributed by atoms with E-state index >= 15 is 0 Å². The number of nitrogens with zero attached hydrogens (tertiary/aromatic N) is 3. The fourth-order valence-corrected chi connectivity index (χ4v) is 2.45. The highest BCUT2D eigenvalue weighted by atomic mass is 15.1. The summed E-state index contributed by atoms with van der Waals surface area (Å²) in [6.07, 6.45) is 7.06. The zero-order valence-electron chi connectivity index (χ0n) is 12.2. The largest absolute Gasteiger partial charge is 0.354 e. The number of aromatic nitrogens is 2. The lowest BCUT2D eigenvalue weighted by Gasteiger charge is -2.14. The third kappa shape index (κ3) is 4.78. The lowest BCUT2D eigenvalue weighted by Crippen LogP contribution is -2.21. The van der Waals surface area contributed by atoms with Crippen LogP contribution in [-0.2, 0) is 0 Å². The van der Waals surface area contributed by atoms with E-state index in [0.29, 0.717) is 5.92 Å². The first-order valence-electron chi connectivity index (χ1n) is 7.55. The Hall–Kier alpha value is -1.16. The maximum atomic E-state index is 4.51. The van der Waals surface area contributed by atoms with Crippen LogP contribution < -0.4 is 5.32 Å². The number of nitrogens with one attached hydrogen (secondary N) is 1. The SMILES string of the molecule is CC(C)c1ccnc(NCCCCN2CCCC2)n1. The summed E-state index contributed by atoms with van der Waals surface area (Å²) in [6.45, 7) is 9.12. The maximum absolute atomic E-state index is 4.51. The molecule has 2 heterocycles. The van der Waals surface area contributed by atoms with Crippen molar-refractivity contribution in [2.24, 2.45) is 0 Å². The Labute approximate surface area is 116 Å². The van der Waals surface area contributed by atoms with Crippen LogP contribution in [0.4, 0.5) is 5.95 Å². The fourth-order valence-electron chi connectivity index (χ4n) is 2.45. The standard InChI is InChI=1S/C15H26N4/c1-13(2)14-7-9-17-15(18-14)16-8-3-4-10-19-11-5-6-12-19/h7,9,13H,3-6,8,10-12H2,1-2H3,(H,16,17,18). The van der Waals surface area contributed by atoms with Crippen LogP contribution in [0.25, 0.3) is 0 Å². The van der Waals surface area contributed by atoms with E-state index in [1.807, 2.05) is 12.3 Å². The molecule has 0 aromatic carbocycles. The predicted octanol–water partition coefficient (Wildman–Crippen LogP) is 2.89. The van der Waals surface area contributed by atoms with E-state index in [1.165, 1.54) is 45.3 Å². The first-order valence-corrected chi connectivity index (χ1v) is 7.55. The number of rotatable bonds is 7. The molecule has 2 rings (SSSR count). The second-order valence-corrected chi connectivity index (χ2v) is 5.64. The van der Waals surface area contributed by atoms with Gasteiger partial charge >= 0.3 is 0 Å². The van der Waals surface area contributed by atoms with E-state index < -0.39 is 0 Å². The Balaban J connectivity index is 1.63. The number of hydrogen-bond acceptors (Lipinski definition) is 4. The van der Waals surface area contributed by atoms with Gasteiger partial charge in [-0.2, -0.15) is 0 Å². The molecule has 19 heavy (non-hydrogen) atoms. The summed E-state index contributed by atoms with van der Waals surface area (Å²) in [5.41, 5.74) is 1.11. The van der Waals surface area contributed by atoms with Crippen molar-refractivity contribution >= 4 is 5.95 Å². The topological polar surface area (TPSA) is 41.1 Å². The summed E-state index contributed by atoms with van der Waals surface area (Å²) in [4.78, 5) is 11.3. The van der Waals surface area contributed by atoms with Crippen LogP contribution in [0.2, 0.25) is 0 Å². The Morgan fingerprint density at radius 3 is 2.79 bits per heavy atom. The zero-order valence-corrected chi connectivity index (χ0v) is 12.2. The monoisotopic (exact) mass is 262 g/mol. The minimum Gasteiger partial charge on any atom is -0.354 e. The van der Waals surface area contributed by atoms with Gasteiger partial charge in [-0.3, -0.25) is 0 Å². The van der Waals surface area contributed by atoms with Gasteiger partial charge in [0.2, 0.25) is 5.95 Å². The average molecular weight is 262 g/mol. The van der Waals surface area contributed by atoms with Gasteiger partial charge in [-0.05, 0) is 57.3 Å². The molecule has 0 spiro atoms. The molecule has 4 heteroatoms. The van der Waals surface area contributed by atoms with Gasteiger partial charge in [0.15, 0.2) is 0 Å². The summed E-state index contributed by atoms with van der Waals surface area (Å²) in [7, 11) is 0. The first kappa shape index (κ1) is 14.3. The van der Waals surface area contributed by atoms with E-state index in [4.69, 9.17) is 0 Å². The van der Waals surface area contributed by atoms with Crippen molar-refractivity contribution in [2.45, 2.75) is 45.4 Å². The molecule has 0 amide bonds. The molecule has 1 saturated heterocycles. The molecule has 1 aromatic heterocycles. The summed E-state index contributed by atoms with van der Waals surface area (Å²) >= 11 is 0. The highest BCUT2D eigenvalue weighted by molar-refractivity contribution is 5.25. The lowest BCUT2D eigenvalue weighted by molar-refractivity contribution is 0.331. The van der Waals surface area contributed by atoms with Crippen molar-refractivity contribution < 1.29 is 0 Å². The number of hydrogen-bond donors (Lipinski definition) is 1. The van der Waals surface area contributed by atoms with Crippen LogP contribution in [0.3, 0.4) is 0 Å². The Kier molecular flexibility index (Phi) is 5.58. The molecular formula is C15H26N4. The normalized spacial score (nSPS) is 16.2. The van der Waals surface area contributed by atoms with Gasteiger partial charge in [0.05, 0.1) is 0 Å². The highest BCUT2D eigenvalue weighted by Crippen LogP contribution is 2.12. The number of likely N-dealkylation sites (tertiary alicyclic amines) is 1. The van der Waals surface area contributed by atoms with Gasteiger partial charge < -0.3 is 10.2 Å². The highest BCUT2D eigenvalue weighted by Gasteiger charge is 2.10. The van der Waals surface area contributed by atoms with Crippen LogP contribution in [0.5, 0.6) is 0 Å². The summed E-state index contributed by atoms with van der Waals surface area (Å²) in [5, 5.41) is 3.32. The van der Waals surface area contributed by atoms with E-state index in [0.717, 1.165) is 18.2 Å². The summed E-state index contributed by atoms with van der Waals surface area (Å²) in [5.74, 6) is 1.23. The van der Waals surface area contributed by atoms with E-state index in [9.17, 15) is 0 Å². The molecule has 106 valence electrons. The van der Waals surface area contributed by atoms with Crippen LogP contribution in [0, 0.1) is 0 Å². The fraction of sp³-hybridized carbons (Fsp3) is 0.733. The van der Waals surface area contributed by atoms with Crippen molar-refractivity contribution in [2.75, 3.05) is 31.5 Å². The van der Waals surface area contributed by atoms with Crippen LogP contribution in [-0.4, -0.2) is 41.0 Å². The van der Waals surface area contributed by atoms with Crippen LogP contribution >= 0.6 is 0 Å². The molecule has 1 aliphatic rings. The molecule has 1 fully saturated rings. The molecule has 1 aliphatic heterocycles. The zero-order chi connectivity index (χ0) is 13.5. The van der Waals surface area contributed by atoms with Crippen molar-refractivity contribution in [1.82, 2.24) is 14.9 Å². The van der Waals surface area contributed by atoms with E-state index in [1.54, 1.807) is 0 Å². The molecule has 0 bridgehead atoms. The second-order valence-electron chi connectivity index (χ2n) is 5.64. The van der Waals surface area contributed by atoms with Crippen LogP contribution in [0.1, 0.15) is 51.1 Å². The maximum Gasteiger partial charge on any atom is 0.222 e. The smallest absolute Gasteiger partial charge is 0.222 e. The average Bonchev–Trinajstić information content (AvgIpc) is 2.92. The number of unbranched alkanes of at least 4 members (excludes halogenated alkanes) is 1. The molecule has 0 atom stereocenters. The van der Waals surface area contributed by atoms with Gasteiger partial charge in [-0.15, -0.1) is 0 Å². The minimum atomic E-state index is 0.457. The molecule has 0 aliphatic carbocycles. The second kappa shape index (κ2) is 7.43. The molecular weight excluding hydrogens is 236 g/mol. The van der Waals surface area contributed by atoms with Gasteiger partial charge in [-0.25, -0.2) is 9.97 Å². The molecule has 0 unspecified atom stereocenters. The molecule has 4 nitrogen and oxygen atoms in total. The summed E-state index contributed by atoms with van der Waals surface area (Å²) in [6, 6.07) is 1.99. The predicted molar refractivity (Wildman–Crippen MR) is 79.5 cm³/mol. The van der Waals surface area contributed by atoms with Gasteiger partial charge in [0.1, 0.15) is 0 Å². The quantitative estimate of drug-likeness (QED) is 0.767. The van der Waals surface area contributed by atoms with Crippen molar-refractivity contribution in [3.63, 3.8) is 0 Å². The third-order valence-electron chi connectivity index (χ3n) is 3.65. The van der Waals surface area contributed by atoms with Crippen LogP contribution in [0.15, 0.2) is 12.3 Å². The van der Waals surface area contributed by atoms with Gasteiger partial charge in [0.25, 0.3) is 0 Å². The third-order valence-corrected chi connectivity index (χ3v) is 3.65. The first-order chi connectivity index (χ1) is 9.25. The minimum absolute atomic E-state index is 0.457. The van der Waals surface area contributed by atoms with E-state index in [-0.39, 0.29) is 0 Å². The van der Waals surface area contributed by atoms with E-state index in [2.05, 4.69) is 34.0 Å². The van der Waals surface area contributed by atoms with Crippen molar-refractivity contribution in [1.29, 1.82) is 0 Å². The number of anilines is 1. The Morgan fingerprint density at radius 2 is 2.05 bits per heavy atom. The Bertz CT molecular complexity index is 372. The van der Waals surface area contributed by atoms with Gasteiger partial charge in [0, 0.05) is 18.4 Å². The summed E-state index contributed by atoms with van der Waals surface area (Å²) < 4.78 is 0. The molecule has 0 radical (unpaired) electrons. The molecule has 1 N–H and O–H groups in total. The molecule has 1 aromatic rings. The molecule has 0 saturated carbocycles. The van der Waals surface area contributed by atoms with Crippen molar-refractivity contribution in [3.05, 3.63) is 18.0 Å².